The molecule has 0 saturated carbocycles. The summed E-state index contributed by atoms with van der Waals surface area (Å²) in [6.45, 7) is 3.71. The maximum Gasteiger partial charge on any atom is 0.255 e. The highest BCUT2D eigenvalue weighted by molar-refractivity contribution is 6.05. The van der Waals surface area contributed by atoms with Crippen LogP contribution in [-0.4, -0.2) is 85.9 Å². The van der Waals surface area contributed by atoms with Crippen LogP contribution in [0.5, 0.6) is 0 Å². The molecule has 0 spiro atoms. The number of amides is 3. The van der Waals surface area contributed by atoms with Crippen LogP contribution in [0.4, 0.5) is 24.8 Å². The molecule has 9 rings (SSSR count). The molecule has 4 aliphatic rings. The Kier molecular flexibility index (Phi) is 8.52. The lowest BCUT2D eigenvalue weighted by atomic mass is 10.0. The molecule has 7 heterocycles. The summed E-state index contributed by atoms with van der Waals surface area (Å²) < 4.78 is 46.0. The van der Waals surface area contributed by atoms with Crippen molar-refractivity contribution >= 4 is 35.0 Å². The summed E-state index contributed by atoms with van der Waals surface area (Å²) in [5.41, 5.74) is 3.56. The second kappa shape index (κ2) is 13.5. The van der Waals surface area contributed by atoms with E-state index in [4.69, 9.17) is 9.97 Å². The summed E-state index contributed by atoms with van der Waals surface area (Å²) in [6, 6.07) is 13.7. The van der Waals surface area contributed by atoms with Crippen molar-refractivity contribution in [2.45, 2.75) is 50.9 Å². The van der Waals surface area contributed by atoms with Crippen LogP contribution in [0, 0.1) is 17.5 Å². The van der Waals surface area contributed by atoms with Crippen molar-refractivity contribution in [1.29, 1.82) is 0 Å². The van der Waals surface area contributed by atoms with Crippen LogP contribution in [0.15, 0.2) is 67.0 Å². The Morgan fingerprint density at radius 2 is 1.67 bits per heavy atom. The average Bonchev–Trinajstić information content (AvgIpc) is 3.91. The Morgan fingerprint density at radius 3 is 2.48 bits per heavy atom. The van der Waals surface area contributed by atoms with Gasteiger partial charge < -0.3 is 14.7 Å². The molecule has 0 aliphatic carbocycles. The van der Waals surface area contributed by atoms with E-state index in [2.05, 4.69) is 25.1 Å². The number of nitrogens with zero attached hydrogens (tertiary/aromatic N) is 8. The number of fused-ring (bicyclic) bond motifs is 2. The van der Waals surface area contributed by atoms with Crippen LogP contribution < -0.4 is 15.1 Å². The monoisotopic (exact) mass is 735 g/mol. The third kappa shape index (κ3) is 6.01. The molecule has 2 atom stereocenters. The molecule has 54 heavy (non-hydrogen) atoms. The van der Waals surface area contributed by atoms with Gasteiger partial charge in [-0.3, -0.25) is 24.6 Å². The molecule has 12 nitrogen and oxygen atoms in total. The molecule has 2 aromatic carbocycles. The number of hydrogen-bond acceptors (Lipinski definition) is 9. The Morgan fingerprint density at radius 1 is 0.815 bits per heavy atom. The highest BCUT2D eigenvalue weighted by atomic mass is 19.1. The fraction of sp³-hybridized carbons (Fsp3) is 0.333. The molecule has 15 heteroatoms. The van der Waals surface area contributed by atoms with Crippen molar-refractivity contribution in [3.8, 4) is 11.3 Å². The van der Waals surface area contributed by atoms with Gasteiger partial charge in [0.05, 0.1) is 30.0 Å². The number of imide groups is 1. The molecule has 3 aromatic heterocycles. The van der Waals surface area contributed by atoms with Gasteiger partial charge in [0, 0.05) is 80.2 Å². The fourth-order valence-electron chi connectivity index (χ4n) is 8.24. The number of anilines is 2. The molecule has 4 aliphatic heterocycles. The smallest absolute Gasteiger partial charge is 0.255 e. The van der Waals surface area contributed by atoms with Crippen molar-refractivity contribution in [3.63, 3.8) is 0 Å². The number of pyridine rings is 1. The standard InChI is InChI=1S/C39H36F3N9O3/c40-24-7-9-26(29(41)19-24)31-4-2-13-49(31)34-12-14-51-37(45-34)27(20-43-51)30-3-1-5-33(44-30)48-17-15-47(16-18-48)21-23-6-8-25-28(36(23)42)22-50(39(25)54)32-10-11-35(52)46-38(32)53/h1,3,5-9,12,14,19-20,31-32H,2,4,10-11,13,15-18,21-22H2,(H,46,52,53)/t31-,32?/m1/s1. The zero-order valence-corrected chi connectivity index (χ0v) is 29.2. The van der Waals surface area contributed by atoms with Crippen LogP contribution in [0.2, 0.25) is 0 Å². The van der Waals surface area contributed by atoms with Gasteiger partial charge in [-0.2, -0.15) is 5.10 Å². The lowest BCUT2D eigenvalue weighted by Crippen LogP contribution is -2.52. The molecular weight excluding hydrogens is 699 g/mol. The summed E-state index contributed by atoms with van der Waals surface area (Å²) in [5, 5.41) is 6.79. The summed E-state index contributed by atoms with van der Waals surface area (Å²) in [7, 11) is 0. The predicted molar refractivity (Wildman–Crippen MR) is 192 cm³/mol. The van der Waals surface area contributed by atoms with E-state index in [9.17, 15) is 23.2 Å². The van der Waals surface area contributed by atoms with Gasteiger partial charge >= 0.3 is 0 Å². The summed E-state index contributed by atoms with van der Waals surface area (Å²) in [6.07, 6.45) is 5.51. The van der Waals surface area contributed by atoms with E-state index in [1.807, 2.05) is 30.5 Å². The van der Waals surface area contributed by atoms with E-state index in [1.54, 1.807) is 22.8 Å². The van der Waals surface area contributed by atoms with Gasteiger partial charge in [0.2, 0.25) is 11.8 Å². The maximum absolute atomic E-state index is 15.8. The van der Waals surface area contributed by atoms with Crippen molar-refractivity contribution in [2.24, 2.45) is 0 Å². The third-order valence-corrected chi connectivity index (χ3v) is 11.1. The number of aromatic nitrogens is 4. The average molecular weight is 736 g/mol. The topological polar surface area (TPSA) is 119 Å². The highest BCUT2D eigenvalue weighted by Gasteiger charge is 2.40. The minimum atomic E-state index is -0.795. The fourth-order valence-corrected chi connectivity index (χ4v) is 8.24. The Hall–Kier alpha value is -5.83. The van der Waals surface area contributed by atoms with Gasteiger partial charge in [-0.15, -0.1) is 0 Å². The number of hydrogen-bond donors (Lipinski definition) is 1. The lowest BCUT2D eigenvalue weighted by Gasteiger charge is -2.35. The van der Waals surface area contributed by atoms with E-state index in [1.165, 1.54) is 17.0 Å². The minimum absolute atomic E-state index is 0.00577. The maximum atomic E-state index is 15.8. The summed E-state index contributed by atoms with van der Waals surface area (Å²) in [4.78, 5) is 54.9. The van der Waals surface area contributed by atoms with Crippen molar-refractivity contribution in [3.05, 3.63) is 107 Å². The summed E-state index contributed by atoms with van der Waals surface area (Å²) in [5.74, 6) is -1.40. The van der Waals surface area contributed by atoms with Gasteiger partial charge in [-0.25, -0.2) is 27.7 Å². The molecule has 3 saturated heterocycles. The molecule has 0 radical (unpaired) electrons. The van der Waals surface area contributed by atoms with E-state index in [0.29, 0.717) is 67.6 Å². The number of piperidine rings is 1. The number of carbonyl (C=O) groups excluding carboxylic acids is 3. The van der Waals surface area contributed by atoms with E-state index in [-0.39, 0.29) is 42.5 Å². The molecule has 1 N–H and O–H groups in total. The zero-order valence-electron chi connectivity index (χ0n) is 29.2. The minimum Gasteiger partial charge on any atom is -0.354 e. The summed E-state index contributed by atoms with van der Waals surface area (Å²) >= 11 is 0. The van der Waals surface area contributed by atoms with Crippen molar-refractivity contribution in [1.82, 2.24) is 34.7 Å². The van der Waals surface area contributed by atoms with Gasteiger partial charge in [0.25, 0.3) is 5.91 Å². The van der Waals surface area contributed by atoms with Crippen LogP contribution in [0.25, 0.3) is 16.9 Å². The highest BCUT2D eigenvalue weighted by Crippen LogP contribution is 2.37. The molecule has 3 amide bonds. The molecule has 1 unspecified atom stereocenters. The molecule has 276 valence electrons. The van der Waals surface area contributed by atoms with Gasteiger partial charge in [0.15, 0.2) is 5.65 Å². The molecular formula is C39H36F3N9O3. The van der Waals surface area contributed by atoms with E-state index in [0.717, 1.165) is 30.3 Å². The predicted octanol–water partition coefficient (Wildman–Crippen LogP) is 4.63. The van der Waals surface area contributed by atoms with Crippen LogP contribution in [0.3, 0.4) is 0 Å². The Bertz CT molecular complexity index is 2330. The first-order valence-corrected chi connectivity index (χ1v) is 18.2. The second-order valence-electron chi connectivity index (χ2n) is 14.2. The number of rotatable bonds is 7. The number of carbonyl (C=O) groups is 3. The van der Waals surface area contributed by atoms with Gasteiger partial charge in [-0.05, 0) is 49.6 Å². The van der Waals surface area contributed by atoms with E-state index < -0.39 is 35.3 Å². The largest absolute Gasteiger partial charge is 0.354 e. The first-order valence-electron chi connectivity index (χ1n) is 18.2. The zero-order chi connectivity index (χ0) is 37.1. The quantitative estimate of drug-likeness (QED) is 0.239. The van der Waals surface area contributed by atoms with Crippen molar-refractivity contribution in [2.75, 3.05) is 42.5 Å². The first-order chi connectivity index (χ1) is 26.2. The van der Waals surface area contributed by atoms with Crippen LogP contribution in [-0.2, 0) is 22.7 Å². The lowest BCUT2D eigenvalue weighted by molar-refractivity contribution is -0.136. The number of nitrogens with one attached hydrogen (secondary N) is 1. The first kappa shape index (κ1) is 34.0. The van der Waals surface area contributed by atoms with Gasteiger partial charge in [0.1, 0.15) is 35.1 Å². The van der Waals surface area contributed by atoms with Gasteiger partial charge in [-0.1, -0.05) is 18.2 Å². The van der Waals surface area contributed by atoms with Crippen molar-refractivity contribution < 1.29 is 27.6 Å². The SMILES string of the molecule is O=C1CCC(N2Cc3c(ccc(CN4CCN(c5cccc(-c6cnn7ccc(N8CCC[C@@H]8c8ccc(F)cc8F)nc67)n5)CC4)c3F)C2=O)C(=O)N1. The number of piperazine rings is 1. The Balaban J connectivity index is 0.877. The number of halogens is 3. The molecule has 5 aromatic rings. The Labute approximate surface area is 308 Å². The van der Waals surface area contributed by atoms with E-state index >= 15 is 4.39 Å². The van der Waals surface area contributed by atoms with Crippen LogP contribution >= 0.6 is 0 Å². The second-order valence-corrected chi connectivity index (χ2v) is 14.2. The molecule has 3 fully saturated rings. The van der Waals surface area contributed by atoms with Crippen LogP contribution in [0.1, 0.15) is 58.8 Å². The number of benzene rings is 2. The normalized spacial score (nSPS) is 20.6. The molecule has 0 bridgehead atoms. The third-order valence-electron chi connectivity index (χ3n) is 11.1.